The summed E-state index contributed by atoms with van der Waals surface area (Å²) in [6.45, 7) is 7.91. The van der Waals surface area contributed by atoms with E-state index < -0.39 is 0 Å². The average molecular weight is 308 g/mol. The molecule has 2 aromatic heterocycles. The van der Waals surface area contributed by atoms with Crippen molar-refractivity contribution in [2.75, 3.05) is 23.3 Å². The summed E-state index contributed by atoms with van der Waals surface area (Å²) in [4.78, 5) is 20.0. The van der Waals surface area contributed by atoms with Crippen LogP contribution in [-0.2, 0) is 0 Å². The first-order valence-corrected chi connectivity index (χ1v) is 7.78. The zero-order valence-corrected chi connectivity index (χ0v) is 13.6. The third-order valence-electron chi connectivity index (χ3n) is 3.68. The number of hydrogen-bond donors (Lipinski definition) is 1. The van der Waals surface area contributed by atoms with Crippen molar-refractivity contribution >= 4 is 28.6 Å². The van der Waals surface area contributed by atoms with Crippen LogP contribution in [0.5, 0.6) is 0 Å². The van der Waals surface area contributed by atoms with E-state index in [1.807, 2.05) is 12.1 Å². The van der Waals surface area contributed by atoms with Gasteiger partial charge in [0.2, 0.25) is 5.95 Å². The van der Waals surface area contributed by atoms with Crippen molar-refractivity contribution in [1.82, 2.24) is 19.9 Å². The predicted molar refractivity (Wildman–Crippen MR) is 93.2 cm³/mol. The molecule has 1 N–H and O–H groups in total. The number of nitrogens with zero attached hydrogens (tertiary/aromatic N) is 5. The number of hydrogen-bond acceptors (Lipinski definition) is 6. The van der Waals surface area contributed by atoms with Gasteiger partial charge in [-0.05, 0) is 32.9 Å². The molecule has 0 aliphatic rings. The Labute approximate surface area is 135 Å². The number of fused-ring (bicyclic) bond motifs is 1. The van der Waals surface area contributed by atoms with Crippen LogP contribution in [0.3, 0.4) is 0 Å². The Kier molecular flexibility index (Phi) is 4.32. The maximum absolute atomic E-state index is 4.66. The minimum absolute atomic E-state index is 0.596. The van der Waals surface area contributed by atoms with E-state index in [1.165, 1.54) is 5.56 Å². The summed E-state index contributed by atoms with van der Waals surface area (Å²) < 4.78 is 0. The quantitative estimate of drug-likeness (QED) is 0.780. The van der Waals surface area contributed by atoms with Gasteiger partial charge in [-0.3, -0.25) is 0 Å². The van der Waals surface area contributed by atoms with E-state index >= 15 is 0 Å². The van der Waals surface area contributed by atoms with Gasteiger partial charge in [0.15, 0.2) is 17.0 Å². The molecular formula is C17H20N6. The number of aromatic nitrogens is 4. The van der Waals surface area contributed by atoms with E-state index in [0.717, 1.165) is 18.8 Å². The molecule has 0 radical (unpaired) electrons. The Morgan fingerprint density at radius 2 is 1.65 bits per heavy atom. The molecule has 0 saturated heterocycles. The Bertz CT molecular complexity index is 796. The summed E-state index contributed by atoms with van der Waals surface area (Å²) in [5.41, 5.74) is 3.45. The van der Waals surface area contributed by atoms with Crippen molar-refractivity contribution < 1.29 is 0 Å². The van der Waals surface area contributed by atoms with Crippen molar-refractivity contribution in [2.24, 2.45) is 0 Å². The average Bonchev–Trinajstić information content (AvgIpc) is 2.58. The largest absolute Gasteiger partial charge is 0.341 e. The van der Waals surface area contributed by atoms with E-state index in [2.05, 4.69) is 63.1 Å². The smallest absolute Gasteiger partial charge is 0.229 e. The first-order chi connectivity index (χ1) is 11.2. The molecule has 2 heterocycles. The van der Waals surface area contributed by atoms with Gasteiger partial charge in [0.05, 0.1) is 0 Å². The van der Waals surface area contributed by atoms with Crippen molar-refractivity contribution in [3.63, 3.8) is 0 Å². The summed E-state index contributed by atoms with van der Waals surface area (Å²) in [6.07, 6.45) is 3.31. The molecule has 0 fully saturated rings. The fraction of sp³-hybridized carbons (Fsp3) is 0.294. The van der Waals surface area contributed by atoms with Crippen LogP contribution in [0.2, 0.25) is 0 Å². The molecule has 118 valence electrons. The summed E-state index contributed by atoms with van der Waals surface area (Å²) in [5, 5.41) is 3.34. The lowest BCUT2D eigenvalue weighted by Crippen LogP contribution is -2.24. The minimum atomic E-state index is 0.596. The second-order valence-electron chi connectivity index (χ2n) is 5.26. The van der Waals surface area contributed by atoms with Crippen molar-refractivity contribution in [2.45, 2.75) is 20.8 Å². The van der Waals surface area contributed by atoms with E-state index in [4.69, 9.17) is 0 Å². The van der Waals surface area contributed by atoms with E-state index in [1.54, 1.807) is 12.4 Å². The zero-order valence-electron chi connectivity index (χ0n) is 13.6. The Morgan fingerprint density at radius 3 is 2.35 bits per heavy atom. The lowest BCUT2D eigenvalue weighted by molar-refractivity contribution is 0.825. The van der Waals surface area contributed by atoms with Crippen molar-refractivity contribution in [1.29, 1.82) is 0 Å². The maximum Gasteiger partial charge on any atom is 0.229 e. The van der Waals surface area contributed by atoms with Crippen LogP contribution < -0.4 is 10.2 Å². The molecule has 0 atom stereocenters. The van der Waals surface area contributed by atoms with Crippen LogP contribution in [0, 0.1) is 6.92 Å². The Hall–Kier alpha value is -2.76. The molecule has 6 nitrogen and oxygen atoms in total. The lowest BCUT2D eigenvalue weighted by atomic mass is 10.2. The first-order valence-electron chi connectivity index (χ1n) is 7.78. The molecule has 0 aliphatic carbocycles. The third-order valence-corrected chi connectivity index (χ3v) is 3.68. The van der Waals surface area contributed by atoms with Crippen LogP contribution >= 0.6 is 0 Å². The van der Waals surface area contributed by atoms with Gasteiger partial charge in [-0.25, -0.2) is 9.97 Å². The van der Waals surface area contributed by atoms with Gasteiger partial charge >= 0.3 is 0 Å². The highest BCUT2D eigenvalue weighted by Crippen LogP contribution is 2.23. The standard InChI is InChI=1S/C17H20N6/c1-4-23(5-2)17-21-15-14(18-10-11-19-15)16(22-17)20-13-8-6-12(3)7-9-13/h6-11H,4-5H2,1-3H3,(H,19,20,21,22). The monoisotopic (exact) mass is 308 g/mol. The highest BCUT2D eigenvalue weighted by atomic mass is 15.3. The number of benzene rings is 1. The molecule has 6 heteroatoms. The zero-order chi connectivity index (χ0) is 16.2. The maximum atomic E-state index is 4.66. The van der Waals surface area contributed by atoms with E-state index in [-0.39, 0.29) is 0 Å². The number of anilines is 3. The van der Waals surface area contributed by atoms with E-state index in [0.29, 0.717) is 22.9 Å². The van der Waals surface area contributed by atoms with E-state index in [9.17, 15) is 0 Å². The van der Waals surface area contributed by atoms with Crippen molar-refractivity contribution in [3.8, 4) is 0 Å². The highest BCUT2D eigenvalue weighted by Gasteiger charge is 2.13. The SMILES string of the molecule is CCN(CC)c1nc(Nc2ccc(C)cc2)c2nccnc2n1. The van der Waals surface area contributed by atoms with Crippen molar-refractivity contribution in [3.05, 3.63) is 42.2 Å². The molecule has 0 spiro atoms. The first kappa shape index (κ1) is 15.1. The summed E-state index contributed by atoms with van der Waals surface area (Å²) >= 11 is 0. The molecule has 3 aromatic rings. The van der Waals surface area contributed by atoms with Gasteiger partial charge < -0.3 is 10.2 Å². The molecule has 0 amide bonds. The normalized spacial score (nSPS) is 10.7. The van der Waals surface area contributed by atoms with Gasteiger partial charge in [-0.2, -0.15) is 9.97 Å². The Balaban J connectivity index is 2.07. The Morgan fingerprint density at radius 1 is 0.957 bits per heavy atom. The third kappa shape index (κ3) is 3.21. The molecule has 0 unspecified atom stereocenters. The van der Waals surface area contributed by atoms with Crippen LogP contribution in [0.25, 0.3) is 11.2 Å². The second kappa shape index (κ2) is 6.56. The van der Waals surface area contributed by atoms with Gasteiger partial charge in [0.25, 0.3) is 0 Å². The molecule has 0 aliphatic heterocycles. The fourth-order valence-corrected chi connectivity index (χ4v) is 2.36. The van der Waals surface area contributed by atoms with Crippen LogP contribution in [-0.4, -0.2) is 33.0 Å². The summed E-state index contributed by atoms with van der Waals surface area (Å²) in [7, 11) is 0. The topological polar surface area (TPSA) is 66.8 Å². The molecule has 3 rings (SSSR count). The minimum Gasteiger partial charge on any atom is -0.341 e. The second-order valence-corrected chi connectivity index (χ2v) is 5.26. The molecule has 23 heavy (non-hydrogen) atoms. The lowest BCUT2D eigenvalue weighted by Gasteiger charge is -2.19. The molecule has 0 saturated carbocycles. The van der Waals surface area contributed by atoms with Crippen LogP contribution in [0.15, 0.2) is 36.7 Å². The van der Waals surface area contributed by atoms with Crippen LogP contribution in [0.4, 0.5) is 17.5 Å². The molecule has 1 aromatic carbocycles. The van der Waals surface area contributed by atoms with Gasteiger partial charge in [-0.15, -0.1) is 0 Å². The fourth-order valence-electron chi connectivity index (χ4n) is 2.36. The predicted octanol–water partition coefficient (Wildman–Crippen LogP) is 3.32. The van der Waals surface area contributed by atoms with Crippen LogP contribution in [0.1, 0.15) is 19.4 Å². The summed E-state index contributed by atoms with van der Waals surface area (Å²) in [5.74, 6) is 1.34. The van der Waals surface area contributed by atoms with Gasteiger partial charge in [0.1, 0.15) is 0 Å². The summed E-state index contributed by atoms with van der Waals surface area (Å²) in [6, 6.07) is 8.17. The number of aryl methyl sites for hydroxylation is 1. The van der Waals surface area contributed by atoms with Gasteiger partial charge in [-0.1, -0.05) is 17.7 Å². The highest BCUT2D eigenvalue weighted by molar-refractivity contribution is 5.85. The number of nitrogens with one attached hydrogen (secondary N) is 1. The number of rotatable bonds is 5. The van der Waals surface area contributed by atoms with Gasteiger partial charge in [0, 0.05) is 31.2 Å². The molecular weight excluding hydrogens is 288 g/mol. The molecule has 0 bridgehead atoms.